The van der Waals surface area contributed by atoms with Crippen LogP contribution in [0.5, 0.6) is 0 Å². The van der Waals surface area contributed by atoms with Crippen molar-refractivity contribution >= 4 is 5.91 Å². The van der Waals surface area contributed by atoms with E-state index in [1.165, 1.54) is 0 Å². The van der Waals surface area contributed by atoms with Gasteiger partial charge in [-0.05, 0) is 19.4 Å². The second-order valence-electron chi connectivity index (χ2n) is 3.58. The van der Waals surface area contributed by atoms with Crippen molar-refractivity contribution in [3.05, 3.63) is 0 Å². The van der Waals surface area contributed by atoms with E-state index in [1.54, 1.807) is 19.1 Å². The molecule has 0 aromatic heterocycles. The summed E-state index contributed by atoms with van der Waals surface area (Å²) in [5, 5.41) is 0. The molecule has 0 aliphatic carbocycles. The van der Waals surface area contributed by atoms with Crippen LogP contribution in [0.15, 0.2) is 0 Å². The molecule has 0 radical (unpaired) electrons. The van der Waals surface area contributed by atoms with Gasteiger partial charge in [-0.15, -0.1) is 0 Å². The van der Waals surface area contributed by atoms with Gasteiger partial charge in [-0.2, -0.15) is 0 Å². The van der Waals surface area contributed by atoms with Gasteiger partial charge >= 0.3 is 0 Å². The van der Waals surface area contributed by atoms with E-state index in [0.29, 0.717) is 19.7 Å². The highest BCUT2D eigenvalue weighted by atomic mass is 16.5. The van der Waals surface area contributed by atoms with E-state index in [1.807, 2.05) is 6.92 Å². The molecule has 0 saturated heterocycles. The first-order valence-electron chi connectivity index (χ1n) is 5.07. The smallest absolute Gasteiger partial charge is 0.225 e. The average Bonchev–Trinajstić information content (AvgIpc) is 2.21. The second-order valence-corrected chi connectivity index (χ2v) is 3.58. The van der Waals surface area contributed by atoms with Crippen molar-refractivity contribution in [2.75, 3.05) is 33.9 Å². The number of carbonyl (C=O) groups is 1. The van der Waals surface area contributed by atoms with Crippen molar-refractivity contribution in [1.29, 1.82) is 0 Å². The largest absolute Gasteiger partial charge is 0.383 e. The topological polar surface area (TPSA) is 55.6 Å². The third-order valence-electron chi connectivity index (χ3n) is 2.27. The average molecular weight is 202 g/mol. The van der Waals surface area contributed by atoms with E-state index >= 15 is 0 Å². The Morgan fingerprint density at radius 2 is 2.21 bits per heavy atom. The van der Waals surface area contributed by atoms with Crippen LogP contribution in [0.25, 0.3) is 0 Å². The Bertz CT molecular complexity index is 146. The molecule has 14 heavy (non-hydrogen) atoms. The molecule has 1 atom stereocenters. The molecule has 84 valence electrons. The van der Waals surface area contributed by atoms with Gasteiger partial charge in [-0.25, -0.2) is 0 Å². The van der Waals surface area contributed by atoms with Crippen LogP contribution in [-0.2, 0) is 9.53 Å². The normalized spacial score (nSPS) is 12.6. The summed E-state index contributed by atoms with van der Waals surface area (Å²) < 4.78 is 4.91. The van der Waals surface area contributed by atoms with Crippen molar-refractivity contribution in [1.82, 2.24) is 4.90 Å². The summed E-state index contributed by atoms with van der Waals surface area (Å²) >= 11 is 0. The summed E-state index contributed by atoms with van der Waals surface area (Å²) in [6.45, 7) is 3.84. The third kappa shape index (κ3) is 5.19. The zero-order valence-electron chi connectivity index (χ0n) is 9.45. The van der Waals surface area contributed by atoms with Crippen molar-refractivity contribution in [3.8, 4) is 0 Å². The maximum Gasteiger partial charge on any atom is 0.225 e. The predicted octanol–water partition coefficient (Wildman–Crippen LogP) is 0.466. The molecule has 0 saturated carbocycles. The molecule has 1 amide bonds. The molecule has 4 heteroatoms. The predicted molar refractivity (Wildman–Crippen MR) is 57.0 cm³/mol. The second kappa shape index (κ2) is 7.76. The SMILES string of the molecule is COCCN(C)C(=O)C(C)CCCN. The first-order chi connectivity index (χ1) is 6.63. The lowest BCUT2D eigenvalue weighted by molar-refractivity contribution is -0.134. The molecule has 0 aromatic rings. The molecular weight excluding hydrogens is 180 g/mol. The van der Waals surface area contributed by atoms with Gasteiger partial charge in [0.15, 0.2) is 0 Å². The van der Waals surface area contributed by atoms with Gasteiger partial charge in [0.25, 0.3) is 0 Å². The minimum absolute atomic E-state index is 0.0698. The lowest BCUT2D eigenvalue weighted by Gasteiger charge is -2.20. The maximum absolute atomic E-state index is 11.7. The summed E-state index contributed by atoms with van der Waals surface area (Å²) in [6.07, 6.45) is 1.78. The van der Waals surface area contributed by atoms with E-state index in [0.717, 1.165) is 12.8 Å². The number of nitrogens with two attached hydrogens (primary N) is 1. The molecular formula is C10H22N2O2. The Kier molecular flexibility index (Phi) is 7.42. The first-order valence-corrected chi connectivity index (χ1v) is 5.07. The minimum Gasteiger partial charge on any atom is -0.383 e. The lowest BCUT2D eigenvalue weighted by Crippen LogP contribution is -2.34. The van der Waals surface area contributed by atoms with Gasteiger partial charge in [0, 0.05) is 26.6 Å². The standard InChI is InChI=1S/C10H22N2O2/c1-9(5-4-6-11)10(13)12(2)7-8-14-3/h9H,4-8,11H2,1-3H3. The molecule has 0 aliphatic heterocycles. The van der Waals surface area contributed by atoms with Crippen LogP contribution in [0.3, 0.4) is 0 Å². The summed E-state index contributed by atoms with van der Waals surface area (Å²) in [5.41, 5.74) is 5.39. The number of ether oxygens (including phenoxy) is 1. The van der Waals surface area contributed by atoms with Gasteiger partial charge in [0.1, 0.15) is 0 Å². The lowest BCUT2D eigenvalue weighted by atomic mass is 10.0. The third-order valence-corrected chi connectivity index (χ3v) is 2.27. The maximum atomic E-state index is 11.7. The molecule has 0 aromatic carbocycles. The highest BCUT2D eigenvalue weighted by molar-refractivity contribution is 5.78. The van der Waals surface area contributed by atoms with Gasteiger partial charge in [0.2, 0.25) is 5.91 Å². The Morgan fingerprint density at radius 1 is 1.57 bits per heavy atom. The van der Waals surface area contributed by atoms with Crippen LogP contribution >= 0.6 is 0 Å². The zero-order valence-corrected chi connectivity index (χ0v) is 9.45. The van der Waals surface area contributed by atoms with Crippen molar-refractivity contribution in [3.63, 3.8) is 0 Å². The van der Waals surface area contributed by atoms with Gasteiger partial charge in [-0.1, -0.05) is 6.92 Å². The highest BCUT2D eigenvalue weighted by Gasteiger charge is 2.16. The van der Waals surface area contributed by atoms with Crippen molar-refractivity contribution < 1.29 is 9.53 Å². The summed E-state index contributed by atoms with van der Waals surface area (Å²) in [5.74, 6) is 0.246. The molecule has 0 heterocycles. The molecule has 0 fully saturated rings. The zero-order chi connectivity index (χ0) is 11.0. The molecule has 2 N–H and O–H groups in total. The van der Waals surface area contributed by atoms with E-state index in [9.17, 15) is 4.79 Å². The fourth-order valence-electron chi connectivity index (χ4n) is 1.26. The van der Waals surface area contributed by atoms with E-state index < -0.39 is 0 Å². The first kappa shape index (κ1) is 13.4. The van der Waals surface area contributed by atoms with Crippen LogP contribution in [0.2, 0.25) is 0 Å². The van der Waals surface area contributed by atoms with Crippen molar-refractivity contribution in [2.24, 2.45) is 11.7 Å². The van der Waals surface area contributed by atoms with E-state index in [2.05, 4.69) is 0 Å². The van der Waals surface area contributed by atoms with Crippen LogP contribution in [-0.4, -0.2) is 44.7 Å². The molecule has 0 spiro atoms. The number of likely N-dealkylation sites (N-methyl/N-ethyl adjacent to an activating group) is 1. The fraction of sp³-hybridized carbons (Fsp3) is 0.900. The van der Waals surface area contributed by atoms with E-state index in [4.69, 9.17) is 10.5 Å². The molecule has 4 nitrogen and oxygen atoms in total. The number of rotatable bonds is 7. The number of amides is 1. The molecule has 1 unspecified atom stereocenters. The number of methoxy groups -OCH3 is 1. The Balaban J connectivity index is 3.78. The fourth-order valence-corrected chi connectivity index (χ4v) is 1.26. The quantitative estimate of drug-likeness (QED) is 0.653. The summed E-state index contributed by atoms with van der Waals surface area (Å²) in [6, 6.07) is 0. The Labute approximate surface area is 86.4 Å². The number of hydrogen-bond donors (Lipinski definition) is 1. The summed E-state index contributed by atoms with van der Waals surface area (Å²) in [7, 11) is 3.44. The number of nitrogens with zero attached hydrogens (tertiary/aromatic N) is 1. The minimum atomic E-state index is 0.0698. The van der Waals surface area contributed by atoms with Crippen LogP contribution in [0.1, 0.15) is 19.8 Å². The number of hydrogen-bond acceptors (Lipinski definition) is 3. The Hall–Kier alpha value is -0.610. The molecule has 0 rings (SSSR count). The highest BCUT2D eigenvalue weighted by Crippen LogP contribution is 2.07. The monoisotopic (exact) mass is 202 g/mol. The van der Waals surface area contributed by atoms with Gasteiger partial charge in [-0.3, -0.25) is 4.79 Å². The number of carbonyl (C=O) groups excluding carboxylic acids is 1. The van der Waals surface area contributed by atoms with Crippen LogP contribution in [0, 0.1) is 5.92 Å². The van der Waals surface area contributed by atoms with Gasteiger partial charge in [0.05, 0.1) is 6.61 Å². The molecule has 0 aliphatic rings. The van der Waals surface area contributed by atoms with Gasteiger partial charge < -0.3 is 15.4 Å². The van der Waals surface area contributed by atoms with E-state index in [-0.39, 0.29) is 11.8 Å². The summed E-state index contributed by atoms with van der Waals surface area (Å²) in [4.78, 5) is 13.4. The van der Waals surface area contributed by atoms with Crippen molar-refractivity contribution in [2.45, 2.75) is 19.8 Å². The molecule has 0 bridgehead atoms. The van der Waals surface area contributed by atoms with Crippen LogP contribution in [0.4, 0.5) is 0 Å². The Morgan fingerprint density at radius 3 is 2.71 bits per heavy atom. The van der Waals surface area contributed by atoms with Crippen LogP contribution < -0.4 is 5.73 Å².